The van der Waals surface area contributed by atoms with E-state index in [4.69, 9.17) is 13.6 Å². The lowest BCUT2D eigenvalue weighted by Gasteiger charge is -2.34. The van der Waals surface area contributed by atoms with Gasteiger partial charge in [0.25, 0.3) is 5.91 Å². The average Bonchev–Trinajstić information content (AvgIpc) is 3.31. The van der Waals surface area contributed by atoms with Crippen molar-refractivity contribution >= 4 is 22.7 Å². The Morgan fingerprint density at radius 2 is 2.00 bits per heavy atom. The van der Waals surface area contributed by atoms with Gasteiger partial charge in [0.1, 0.15) is 5.58 Å². The molecule has 25 heavy (non-hydrogen) atoms. The molecule has 0 N–H and O–H groups in total. The molecule has 1 aliphatic heterocycles. The second-order valence-electron chi connectivity index (χ2n) is 5.98. The number of fused-ring (bicyclic) bond motifs is 1. The van der Waals surface area contributed by atoms with E-state index in [-0.39, 0.29) is 29.9 Å². The lowest BCUT2D eigenvalue weighted by atomic mass is 10.1. The number of nitrogens with zero attached hydrogens (tertiary/aromatic N) is 1. The maximum atomic E-state index is 12.9. The molecule has 0 saturated carbocycles. The predicted molar refractivity (Wildman–Crippen MR) is 89.5 cm³/mol. The largest absolute Gasteiger partial charge is 0.461 e. The van der Waals surface area contributed by atoms with Gasteiger partial charge in [-0.15, -0.1) is 0 Å². The highest BCUT2D eigenvalue weighted by Crippen LogP contribution is 2.23. The van der Waals surface area contributed by atoms with Crippen LogP contribution in [0.4, 0.5) is 0 Å². The van der Waals surface area contributed by atoms with Crippen LogP contribution in [0.5, 0.6) is 0 Å². The molecule has 4 rings (SSSR count). The summed E-state index contributed by atoms with van der Waals surface area (Å²) in [4.78, 5) is 26.9. The van der Waals surface area contributed by atoms with E-state index in [1.165, 1.54) is 6.26 Å². The second kappa shape index (κ2) is 6.57. The Hall–Kier alpha value is -2.86. The normalized spacial score (nSPS) is 17.8. The summed E-state index contributed by atoms with van der Waals surface area (Å²) >= 11 is 0. The number of hydrogen-bond donors (Lipinski definition) is 0. The van der Waals surface area contributed by atoms with Gasteiger partial charge < -0.3 is 18.5 Å². The Morgan fingerprint density at radius 1 is 1.12 bits per heavy atom. The molecule has 1 amide bonds. The van der Waals surface area contributed by atoms with Gasteiger partial charge in [0.15, 0.2) is 17.3 Å². The number of Topliss-reactive ketones (excluding diaryl/α,β-unsaturated/α-hetero) is 1. The van der Waals surface area contributed by atoms with Crippen LogP contribution in [-0.2, 0) is 4.74 Å². The first-order valence-electron chi connectivity index (χ1n) is 8.16. The van der Waals surface area contributed by atoms with Crippen LogP contribution in [0, 0.1) is 0 Å². The Morgan fingerprint density at radius 3 is 2.80 bits per heavy atom. The van der Waals surface area contributed by atoms with Crippen molar-refractivity contribution in [2.24, 2.45) is 0 Å². The maximum absolute atomic E-state index is 12.9. The highest BCUT2D eigenvalue weighted by molar-refractivity contribution is 5.97. The zero-order chi connectivity index (χ0) is 17.2. The number of ether oxygens (including phenoxy) is 1. The number of morpholine rings is 1. The first-order valence-corrected chi connectivity index (χ1v) is 8.16. The standard InChI is InChI=1S/C19H17NO5/c21-15(17-6-3-8-24-17)11-14-12-23-9-7-20(14)19(22)18-10-13-4-1-2-5-16(13)25-18/h1-6,8,10,14H,7,9,11-12H2. The maximum Gasteiger partial charge on any atom is 0.290 e. The molecule has 0 bridgehead atoms. The molecule has 1 aromatic carbocycles. The van der Waals surface area contributed by atoms with Crippen LogP contribution in [0.1, 0.15) is 27.5 Å². The van der Waals surface area contributed by atoms with E-state index >= 15 is 0 Å². The zero-order valence-electron chi connectivity index (χ0n) is 13.5. The lowest BCUT2D eigenvalue weighted by Crippen LogP contribution is -2.49. The van der Waals surface area contributed by atoms with Crippen LogP contribution in [0.3, 0.4) is 0 Å². The van der Waals surface area contributed by atoms with E-state index in [9.17, 15) is 9.59 Å². The Labute approximate surface area is 144 Å². The second-order valence-corrected chi connectivity index (χ2v) is 5.98. The van der Waals surface area contributed by atoms with Crippen molar-refractivity contribution in [3.63, 3.8) is 0 Å². The van der Waals surface area contributed by atoms with Crippen molar-refractivity contribution in [1.82, 2.24) is 4.90 Å². The monoisotopic (exact) mass is 339 g/mol. The molecule has 0 spiro atoms. The molecule has 1 saturated heterocycles. The first kappa shape index (κ1) is 15.7. The number of para-hydroxylation sites is 1. The van der Waals surface area contributed by atoms with Crippen LogP contribution >= 0.6 is 0 Å². The molecular formula is C19H17NO5. The smallest absolute Gasteiger partial charge is 0.290 e. The Balaban J connectivity index is 1.55. The third-order valence-electron chi connectivity index (χ3n) is 4.34. The van der Waals surface area contributed by atoms with Crippen LogP contribution in [0.25, 0.3) is 11.0 Å². The van der Waals surface area contributed by atoms with Crippen molar-refractivity contribution in [3.8, 4) is 0 Å². The quantitative estimate of drug-likeness (QED) is 0.683. The SMILES string of the molecule is O=C(CC1COCCN1C(=O)c1cc2ccccc2o1)c1ccco1. The number of carbonyl (C=O) groups excluding carboxylic acids is 2. The minimum Gasteiger partial charge on any atom is -0.461 e. The van der Waals surface area contributed by atoms with Gasteiger partial charge in [-0.2, -0.15) is 0 Å². The molecule has 0 aliphatic carbocycles. The molecule has 1 unspecified atom stereocenters. The lowest BCUT2D eigenvalue weighted by molar-refractivity contribution is -0.00442. The van der Waals surface area contributed by atoms with Gasteiger partial charge in [-0.25, -0.2) is 0 Å². The predicted octanol–water partition coefficient (Wildman–Crippen LogP) is 3.14. The summed E-state index contributed by atoms with van der Waals surface area (Å²) in [5.74, 6) is 0.194. The van der Waals surface area contributed by atoms with Crippen molar-refractivity contribution in [1.29, 1.82) is 0 Å². The molecule has 1 atom stereocenters. The molecule has 128 valence electrons. The van der Waals surface area contributed by atoms with Gasteiger partial charge in [-0.1, -0.05) is 18.2 Å². The highest BCUT2D eigenvalue weighted by Gasteiger charge is 2.32. The summed E-state index contributed by atoms with van der Waals surface area (Å²) in [6.07, 6.45) is 1.61. The van der Waals surface area contributed by atoms with Gasteiger partial charge in [-0.05, 0) is 24.3 Å². The van der Waals surface area contributed by atoms with Crippen molar-refractivity contribution in [2.45, 2.75) is 12.5 Å². The van der Waals surface area contributed by atoms with Crippen molar-refractivity contribution in [2.75, 3.05) is 19.8 Å². The van der Waals surface area contributed by atoms with Gasteiger partial charge in [-0.3, -0.25) is 9.59 Å². The summed E-state index contributed by atoms with van der Waals surface area (Å²) in [6, 6.07) is 12.2. The van der Waals surface area contributed by atoms with Crippen molar-refractivity contribution < 1.29 is 23.2 Å². The van der Waals surface area contributed by atoms with Gasteiger partial charge >= 0.3 is 0 Å². The number of rotatable bonds is 4. The van der Waals surface area contributed by atoms with E-state index in [1.54, 1.807) is 23.1 Å². The Bertz CT molecular complexity index is 863. The number of carbonyl (C=O) groups is 2. The fourth-order valence-corrected chi connectivity index (χ4v) is 3.07. The van der Waals surface area contributed by atoms with Gasteiger partial charge in [0.2, 0.25) is 0 Å². The van der Waals surface area contributed by atoms with Gasteiger partial charge in [0.05, 0.1) is 25.5 Å². The minimum absolute atomic E-state index is 0.150. The zero-order valence-corrected chi connectivity index (χ0v) is 13.5. The number of benzene rings is 1. The fourth-order valence-electron chi connectivity index (χ4n) is 3.07. The van der Waals surface area contributed by atoms with Crippen LogP contribution in [0.2, 0.25) is 0 Å². The fraction of sp³-hybridized carbons (Fsp3) is 0.263. The molecule has 6 heteroatoms. The summed E-state index contributed by atoms with van der Waals surface area (Å²) in [5.41, 5.74) is 0.669. The van der Waals surface area contributed by atoms with Crippen LogP contribution < -0.4 is 0 Å². The molecule has 6 nitrogen and oxygen atoms in total. The molecule has 1 fully saturated rings. The number of hydrogen-bond acceptors (Lipinski definition) is 5. The summed E-state index contributed by atoms with van der Waals surface area (Å²) in [5, 5.41) is 0.877. The molecule has 3 heterocycles. The molecular weight excluding hydrogens is 322 g/mol. The van der Waals surface area contributed by atoms with E-state index in [1.807, 2.05) is 24.3 Å². The summed E-state index contributed by atoms with van der Waals surface area (Å²) in [7, 11) is 0. The number of amides is 1. The number of furan rings is 2. The van der Waals surface area contributed by atoms with Crippen LogP contribution in [-0.4, -0.2) is 42.4 Å². The number of ketones is 1. The molecule has 3 aromatic rings. The molecule has 1 aliphatic rings. The van der Waals surface area contributed by atoms with Crippen LogP contribution in [0.15, 0.2) is 57.6 Å². The van der Waals surface area contributed by atoms with E-state index in [0.29, 0.717) is 31.1 Å². The Kier molecular flexibility index (Phi) is 4.11. The molecule has 2 aromatic heterocycles. The summed E-state index contributed by atoms with van der Waals surface area (Å²) in [6.45, 7) is 1.18. The van der Waals surface area contributed by atoms with E-state index < -0.39 is 0 Å². The van der Waals surface area contributed by atoms with E-state index in [2.05, 4.69) is 0 Å². The highest BCUT2D eigenvalue weighted by atomic mass is 16.5. The summed E-state index contributed by atoms with van der Waals surface area (Å²) < 4.78 is 16.3. The first-order chi connectivity index (χ1) is 12.2. The average molecular weight is 339 g/mol. The topological polar surface area (TPSA) is 72.9 Å². The third-order valence-corrected chi connectivity index (χ3v) is 4.34. The van der Waals surface area contributed by atoms with E-state index in [0.717, 1.165) is 5.39 Å². The van der Waals surface area contributed by atoms with Crippen molar-refractivity contribution in [3.05, 3.63) is 60.2 Å². The third kappa shape index (κ3) is 3.08. The molecule has 0 radical (unpaired) electrons. The van der Waals surface area contributed by atoms with Gasteiger partial charge in [0, 0.05) is 18.4 Å². The minimum atomic E-state index is -0.341.